The van der Waals surface area contributed by atoms with Crippen molar-refractivity contribution < 1.29 is 0 Å². The van der Waals surface area contributed by atoms with Crippen LogP contribution in [0.25, 0.3) is 58.8 Å². The predicted molar refractivity (Wildman–Crippen MR) is 157 cm³/mol. The molecule has 0 N–H and O–H groups in total. The topological polar surface area (TPSA) is 4.93 Å². The molecule has 5 aromatic carbocycles. The molecule has 168 valence electrons. The highest BCUT2D eigenvalue weighted by atomic mass is 32.1. The van der Waals surface area contributed by atoms with Crippen molar-refractivity contribution in [3.05, 3.63) is 108 Å². The molecule has 36 heavy (non-hydrogen) atoms. The van der Waals surface area contributed by atoms with Gasteiger partial charge in [-0.2, -0.15) is 0 Å². The molecule has 0 atom stereocenters. The van der Waals surface area contributed by atoms with Crippen LogP contribution < -0.4 is 5.46 Å². The Morgan fingerprint density at radius 3 is 2.19 bits per heavy atom. The van der Waals surface area contributed by atoms with Crippen LogP contribution in [0.3, 0.4) is 0 Å². The fourth-order valence-electron chi connectivity index (χ4n) is 6.32. The number of benzene rings is 5. The van der Waals surface area contributed by atoms with Gasteiger partial charge in [-0.15, -0.1) is 11.3 Å². The first-order valence-corrected chi connectivity index (χ1v) is 13.2. The van der Waals surface area contributed by atoms with Crippen LogP contribution in [0.5, 0.6) is 0 Å². The van der Waals surface area contributed by atoms with E-state index in [1.54, 1.807) is 0 Å². The summed E-state index contributed by atoms with van der Waals surface area (Å²) in [4.78, 5) is 0. The largest absolute Gasteiger partial charge is 0.309 e. The summed E-state index contributed by atoms with van der Waals surface area (Å²) in [7, 11) is 6.13. The number of aromatic nitrogens is 1. The van der Waals surface area contributed by atoms with Crippen LogP contribution in [0.15, 0.2) is 97.1 Å². The van der Waals surface area contributed by atoms with Gasteiger partial charge >= 0.3 is 0 Å². The predicted octanol–water partition coefficient (Wildman–Crippen LogP) is 8.25. The van der Waals surface area contributed by atoms with Crippen LogP contribution >= 0.6 is 11.3 Å². The molecule has 0 aliphatic carbocycles. The molecule has 0 spiro atoms. The summed E-state index contributed by atoms with van der Waals surface area (Å²) in [5.74, 6) is 0. The van der Waals surface area contributed by atoms with Gasteiger partial charge in [0.2, 0.25) is 0 Å². The molecule has 0 amide bonds. The Hall–Kier alpha value is -3.82. The van der Waals surface area contributed by atoms with Crippen LogP contribution in [0.4, 0.5) is 0 Å². The molecule has 0 bridgehead atoms. The zero-order valence-corrected chi connectivity index (χ0v) is 21.0. The average molecular weight is 475 g/mol. The summed E-state index contributed by atoms with van der Waals surface area (Å²) in [6.45, 7) is 4.70. The maximum Gasteiger partial charge on any atom is 0.113 e. The van der Waals surface area contributed by atoms with Crippen molar-refractivity contribution >= 4 is 66.6 Å². The smallest absolute Gasteiger partial charge is 0.113 e. The van der Waals surface area contributed by atoms with Crippen LogP contribution in [0.1, 0.15) is 25.0 Å². The molecule has 8 rings (SSSR count). The maximum absolute atomic E-state index is 6.13. The van der Waals surface area contributed by atoms with E-state index < -0.39 is 0 Å². The van der Waals surface area contributed by atoms with E-state index in [1.165, 1.54) is 69.9 Å². The molecule has 0 unspecified atom stereocenters. The van der Waals surface area contributed by atoms with Gasteiger partial charge < -0.3 is 4.57 Å². The van der Waals surface area contributed by atoms with Crippen molar-refractivity contribution in [2.75, 3.05) is 0 Å². The van der Waals surface area contributed by atoms with Gasteiger partial charge in [0.1, 0.15) is 7.85 Å². The van der Waals surface area contributed by atoms with E-state index >= 15 is 0 Å². The summed E-state index contributed by atoms with van der Waals surface area (Å²) in [6.07, 6.45) is 0. The van der Waals surface area contributed by atoms with E-state index in [4.69, 9.17) is 7.85 Å². The van der Waals surface area contributed by atoms with Crippen molar-refractivity contribution in [2.24, 2.45) is 0 Å². The number of rotatable bonds is 1. The Balaban J connectivity index is 1.42. The van der Waals surface area contributed by atoms with E-state index in [1.807, 2.05) is 17.4 Å². The number of para-hydroxylation sites is 2. The van der Waals surface area contributed by atoms with Crippen molar-refractivity contribution in [3.63, 3.8) is 0 Å². The van der Waals surface area contributed by atoms with E-state index in [2.05, 4.69) is 109 Å². The highest BCUT2D eigenvalue weighted by molar-refractivity contribution is 7.25. The number of fused-ring (bicyclic) bond motifs is 8. The van der Waals surface area contributed by atoms with Gasteiger partial charge in [0.15, 0.2) is 0 Å². The second-order valence-corrected chi connectivity index (χ2v) is 11.6. The lowest BCUT2D eigenvalue weighted by atomic mass is 9.75. The SMILES string of the molecule is [B]c1ccc2sc3ccc(-c4ccc5c(c4)c4cccc6c4n5-c4ccccc4C6(C)C)cc3c2c1. The van der Waals surface area contributed by atoms with Gasteiger partial charge in [0, 0.05) is 31.0 Å². The monoisotopic (exact) mass is 475 g/mol. The average Bonchev–Trinajstić information content (AvgIpc) is 3.42. The zero-order valence-electron chi connectivity index (χ0n) is 20.2. The van der Waals surface area contributed by atoms with Crippen LogP contribution in [-0.2, 0) is 5.41 Å². The molecule has 1 nitrogen and oxygen atoms in total. The van der Waals surface area contributed by atoms with E-state index in [9.17, 15) is 0 Å². The Morgan fingerprint density at radius 1 is 0.639 bits per heavy atom. The lowest BCUT2D eigenvalue weighted by molar-refractivity contribution is 0.630. The van der Waals surface area contributed by atoms with Gasteiger partial charge in [-0.05, 0) is 64.0 Å². The Bertz CT molecular complexity index is 2040. The van der Waals surface area contributed by atoms with Crippen molar-refractivity contribution in [3.8, 4) is 16.8 Å². The molecule has 2 radical (unpaired) electrons. The second-order valence-electron chi connectivity index (χ2n) is 10.5. The van der Waals surface area contributed by atoms with Crippen LogP contribution in [0.2, 0.25) is 0 Å². The summed E-state index contributed by atoms with van der Waals surface area (Å²) in [5.41, 5.74) is 9.89. The molecular formula is C33H22BNS. The standard InChI is InChI=1S/C33H22BNS/c1-33(2)26-7-3-4-9-29(26)35-28-13-10-19(16-23(28)22-6-5-8-27(33)32(22)35)20-11-14-30-24(17-20)25-18-21(34)12-15-31(25)36-30/h3-18H,1-2H3. The van der Waals surface area contributed by atoms with E-state index in [-0.39, 0.29) is 5.41 Å². The molecule has 3 heteroatoms. The van der Waals surface area contributed by atoms with Crippen molar-refractivity contribution in [1.82, 2.24) is 4.57 Å². The first-order valence-electron chi connectivity index (χ1n) is 12.4. The Kier molecular flexibility index (Phi) is 3.91. The zero-order chi connectivity index (χ0) is 24.2. The van der Waals surface area contributed by atoms with Crippen molar-refractivity contribution in [2.45, 2.75) is 19.3 Å². The molecule has 0 saturated carbocycles. The highest BCUT2D eigenvalue weighted by Gasteiger charge is 2.34. The third kappa shape index (κ3) is 2.56. The molecule has 0 saturated heterocycles. The molecule has 1 aliphatic heterocycles. The first-order chi connectivity index (χ1) is 17.5. The number of nitrogens with zero attached hydrogens (tertiary/aromatic N) is 1. The third-order valence-corrected chi connectivity index (χ3v) is 9.26. The van der Waals surface area contributed by atoms with Gasteiger partial charge in [0.05, 0.1) is 16.7 Å². The second kappa shape index (κ2) is 6.90. The minimum Gasteiger partial charge on any atom is -0.309 e. The van der Waals surface area contributed by atoms with Crippen LogP contribution in [-0.4, -0.2) is 12.4 Å². The lowest BCUT2D eigenvalue weighted by Crippen LogP contribution is -2.26. The van der Waals surface area contributed by atoms with Gasteiger partial charge in [-0.25, -0.2) is 0 Å². The lowest BCUT2D eigenvalue weighted by Gasteiger charge is -2.34. The summed E-state index contributed by atoms with van der Waals surface area (Å²) in [5, 5.41) is 5.14. The minimum atomic E-state index is -0.0454. The van der Waals surface area contributed by atoms with Crippen molar-refractivity contribution in [1.29, 1.82) is 0 Å². The Morgan fingerprint density at radius 2 is 1.33 bits per heavy atom. The number of hydrogen-bond donors (Lipinski definition) is 0. The first kappa shape index (κ1) is 20.4. The molecule has 1 aliphatic rings. The molecule has 7 aromatic rings. The molecule has 2 aromatic heterocycles. The normalized spacial score (nSPS) is 14.2. The summed E-state index contributed by atoms with van der Waals surface area (Å²) < 4.78 is 5.05. The molecule has 3 heterocycles. The van der Waals surface area contributed by atoms with Gasteiger partial charge in [-0.3, -0.25) is 0 Å². The Labute approximate surface area is 215 Å². The maximum atomic E-state index is 6.13. The quantitative estimate of drug-likeness (QED) is 0.211. The van der Waals surface area contributed by atoms with E-state index in [0.717, 1.165) is 5.46 Å². The summed E-state index contributed by atoms with van der Waals surface area (Å²) >= 11 is 1.83. The molecule has 0 fully saturated rings. The fraction of sp³-hybridized carbons (Fsp3) is 0.0909. The van der Waals surface area contributed by atoms with Crippen LogP contribution in [0, 0.1) is 0 Å². The number of thiophene rings is 1. The van der Waals surface area contributed by atoms with E-state index in [0.29, 0.717) is 0 Å². The highest BCUT2D eigenvalue weighted by Crippen LogP contribution is 2.47. The minimum absolute atomic E-state index is 0.0454. The third-order valence-electron chi connectivity index (χ3n) is 8.11. The molecular weight excluding hydrogens is 453 g/mol. The van der Waals surface area contributed by atoms with Gasteiger partial charge in [0.25, 0.3) is 0 Å². The summed E-state index contributed by atoms with van der Waals surface area (Å²) in [6, 6.07) is 35.7. The van der Waals surface area contributed by atoms with Gasteiger partial charge in [-0.1, -0.05) is 80.0 Å². The number of hydrogen-bond acceptors (Lipinski definition) is 1. The fourth-order valence-corrected chi connectivity index (χ4v) is 7.39.